The molecule has 3 aromatic carbocycles. The monoisotopic (exact) mass is 448 g/mol. The Balaban J connectivity index is 1.42. The molecule has 0 aliphatic heterocycles. The summed E-state index contributed by atoms with van der Waals surface area (Å²) in [6.45, 7) is 7.88. The molecule has 2 N–H and O–H groups in total. The van der Waals surface area contributed by atoms with Crippen molar-refractivity contribution < 1.29 is 9.59 Å². The minimum atomic E-state index is -0.314. The average Bonchev–Trinajstić information content (AvgIpc) is 3.24. The van der Waals surface area contributed by atoms with Gasteiger partial charge in [0.05, 0.1) is 5.69 Å². The zero-order valence-corrected chi connectivity index (χ0v) is 18.8. The number of anilines is 2. The van der Waals surface area contributed by atoms with Crippen molar-refractivity contribution in [3.05, 3.63) is 121 Å². The second kappa shape index (κ2) is 9.83. The molecule has 4 aromatic rings. The highest BCUT2D eigenvalue weighted by atomic mass is 16.2. The third-order valence-electron chi connectivity index (χ3n) is 5.36. The second-order valence-corrected chi connectivity index (χ2v) is 7.71. The number of benzene rings is 3. The Morgan fingerprint density at radius 1 is 0.794 bits per heavy atom. The molecule has 2 amide bonds. The van der Waals surface area contributed by atoms with Crippen molar-refractivity contribution in [2.45, 2.75) is 0 Å². The molecule has 0 saturated carbocycles. The normalized spacial score (nSPS) is 10.4. The van der Waals surface area contributed by atoms with Gasteiger partial charge in [-0.1, -0.05) is 73.8 Å². The van der Waals surface area contributed by atoms with Gasteiger partial charge in [0.2, 0.25) is 0 Å². The lowest BCUT2D eigenvalue weighted by Gasteiger charge is -2.11. The first-order valence-electron chi connectivity index (χ1n) is 10.7. The summed E-state index contributed by atoms with van der Waals surface area (Å²) >= 11 is 0. The Labute approximate surface area is 198 Å². The van der Waals surface area contributed by atoms with Crippen LogP contribution in [0.5, 0.6) is 0 Å². The largest absolute Gasteiger partial charge is 0.322 e. The Bertz CT molecular complexity index is 1350. The molecule has 0 aliphatic rings. The molecule has 0 spiro atoms. The van der Waals surface area contributed by atoms with Gasteiger partial charge in [-0.3, -0.25) is 14.3 Å². The van der Waals surface area contributed by atoms with Crippen LogP contribution >= 0.6 is 0 Å². The van der Waals surface area contributed by atoms with Crippen LogP contribution < -0.4 is 10.6 Å². The molecule has 0 aliphatic carbocycles. The Morgan fingerprint density at radius 2 is 1.38 bits per heavy atom. The van der Waals surface area contributed by atoms with E-state index in [1.54, 1.807) is 42.1 Å². The first kappa shape index (κ1) is 22.5. The topological polar surface area (TPSA) is 76.0 Å². The van der Waals surface area contributed by atoms with Gasteiger partial charge in [0, 0.05) is 35.5 Å². The maximum Gasteiger partial charge on any atom is 0.256 e. The van der Waals surface area contributed by atoms with Gasteiger partial charge in [-0.05, 0) is 35.4 Å². The summed E-state index contributed by atoms with van der Waals surface area (Å²) in [5.41, 5.74) is 4.48. The number of hydrogen-bond donors (Lipinski definition) is 2. The van der Waals surface area contributed by atoms with Gasteiger partial charge in [-0.2, -0.15) is 5.10 Å². The fraction of sp³-hybridized carbons (Fsp3) is 0.0357. The number of nitrogens with one attached hydrogen (secondary N) is 2. The molecule has 4 rings (SSSR count). The van der Waals surface area contributed by atoms with E-state index in [2.05, 4.69) is 28.9 Å². The molecular formula is C28H24N4O2. The lowest BCUT2D eigenvalue weighted by Crippen LogP contribution is -2.14. The molecule has 1 heterocycles. The minimum absolute atomic E-state index is 0.203. The third-order valence-corrected chi connectivity index (χ3v) is 5.36. The SMILES string of the molecule is C=C(C(=C)c1ccccc1)C(=O)Nc1ccc(-c2cc(NC(=O)c3ccccc3)n(C)n2)cc1. The lowest BCUT2D eigenvalue weighted by molar-refractivity contribution is -0.112. The van der Waals surface area contributed by atoms with Crippen molar-refractivity contribution in [2.75, 3.05) is 10.6 Å². The summed E-state index contributed by atoms with van der Waals surface area (Å²) in [5.74, 6) is 0.0628. The number of hydrogen-bond acceptors (Lipinski definition) is 3. The summed E-state index contributed by atoms with van der Waals surface area (Å²) in [7, 11) is 1.77. The van der Waals surface area contributed by atoms with E-state index in [1.165, 1.54) is 0 Å². The van der Waals surface area contributed by atoms with Crippen molar-refractivity contribution in [1.29, 1.82) is 0 Å². The molecule has 0 saturated heterocycles. The smallest absolute Gasteiger partial charge is 0.256 e. The summed E-state index contributed by atoms with van der Waals surface area (Å²) in [6.07, 6.45) is 0. The first-order chi connectivity index (χ1) is 16.4. The van der Waals surface area contributed by atoms with Gasteiger partial charge >= 0.3 is 0 Å². The Hall–Kier alpha value is -4.71. The minimum Gasteiger partial charge on any atom is -0.322 e. The van der Waals surface area contributed by atoms with Crippen LogP contribution in [-0.2, 0) is 11.8 Å². The maximum absolute atomic E-state index is 12.6. The quantitative estimate of drug-likeness (QED) is 0.288. The summed E-state index contributed by atoms with van der Waals surface area (Å²) in [4.78, 5) is 25.1. The standard InChI is InChI=1S/C28H24N4O2/c1-19(21-10-6-4-7-11-21)20(2)27(33)29-24-16-14-22(15-17-24)25-18-26(32(3)31-25)30-28(34)23-12-8-5-9-13-23/h4-18H,1-2H2,3H3,(H,29,33)(H,30,34). The fourth-order valence-electron chi connectivity index (χ4n) is 3.38. The van der Waals surface area contributed by atoms with E-state index in [4.69, 9.17) is 0 Å². The van der Waals surface area contributed by atoms with Crippen LogP contribution in [0.4, 0.5) is 11.5 Å². The number of carbonyl (C=O) groups is 2. The Kier molecular flexibility index (Phi) is 6.50. The number of carbonyl (C=O) groups excluding carboxylic acids is 2. The van der Waals surface area contributed by atoms with Crippen LogP contribution in [0, 0.1) is 0 Å². The molecule has 0 fully saturated rings. The Morgan fingerprint density at radius 3 is 2.00 bits per heavy atom. The van der Waals surface area contributed by atoms with E-state index in [0.717, 1.165) is 11.1 Å². The number of nitrogens with zero attached hydrogens (tertiary/aromatic N) is 2. The molecule has 1 aromatic heterocycles. The molecule has 0 bridgehead atoms. The molecule has 0 radical (unpaired) electrons. The number of aromatic nitrogens is 2. The third kappa shape index (κ3) is 5.02. The van der Waals surface area contributed by atoms with E-state index < -0.39 is 0 Å². The van der Waals surface area contributed by atoms with Gasteiger partial charge in [0.1, 0.15) is 5.82 Å². The first-order valence-corrected chi connectivity index (χ1v) is 10.7. The molecular weight excluding hydrogens is 424 g/mol. The van der Waals surface area contributed by atoms with E-state index in [-0.39, 0.29) is 11.8 Å². The van der Waals surface area contributed by atoms with E-state index >= 15 is 0 Å². The van der Waals surface area contributed by atoms with Crippen LogP contribution in [0.1, 0.15) is 15.9 Å². The van der Waals surface area contributed by atoms with Gasteiger partial charge in [-0.15, -0.1) is 0 Å². The maximum atomic E-state index is 12.6. The predicted molar refractivity (Wildman–Crippen MR) is 136 cm³/mol. The van der Waals surface area contributed by atoms with Crippen molar-refractivity contribution in [3.63, 3.8) is 0 Å². The highest BCUT2D eigenvalue weighted by molar-refractivity contribution is 6.14. The van der Waals surface area contributed by atoms with Crippen molar-refractivity contribution >= 4 is 28.9 Å². The summed E-state index contributed by atoms with van der Waals surface area (Å²) in [6, 6.07) is 27.6. The number of amides is 2. The lowest BCUT2D eigenvalue weighted by atomic mass is 10.0. The van der Waals surface area contributed by atoms with Gasteiger partial charge in [-0.25, -0.2) is 0 Å². The van der Waals surface area contributed by atoms with Gasteiger partial charge in [0.15, 0.2) is 0 Å². The molecule has 6 nitrogen and oxygen atoms in total. The van der Waals surface area contributed by atoms with Crippen LogP contribution in [-0.4, -0.2) is 21.6 Å². The number of rotatable bonds is 7. The average molecular weight is 449 g/mol. The summed E-state index contributed by atoms with van der Waals surface area (Å²) < 4.78 is 1.62. The summed E-state index contributed by atoms with van der Waals surface area (Å²) in [5, 5.41) is 10.2. The van der Waals surface area contributed by atoms with E-state index in [0.29, 0.717) is 33.9 Å². The molecule has 0 atom stereocenters. The van der Waals surface area contributed by atoms with Gasteiger partial charge < -0.3 is 10.6 Å². The van der Waals surface area contributed by atoms with Crippen LogP contribution in [0.2, 0.25) is 0 Å². The zero-order valence-electron chi connectivity index (χ0n) is 18.8. The predicted octanol–water partition coefficient (Wildman–Crippen LogP) is 5.55. The molecule has 34 heavy (non-hydrogen) atoms. The molecule has 6 heteroatoms. The highest BCUT2D eigenvalue weighted by Gasteiger charge is 2.14. The van der Waals surface area contributed by atoms with Crippen molar-refractivity contribution in [3.8, 4) is 11.3 Å². The zero-order chi connectivity index (χ0) is 24.1. The van der Waals surface area contributed by atoms with Crippen molar-refractivity contribution in [1.82, 2.24) is 9.78 Å². The second-order valence-electron chi connectivity index (χ2n) is 7.71. The van der Waals surface area contributed by atoms with Crippen LogP contribution in [0.25, 0.3) is 16.8 Å². The number of aryl methyl sites for hydroxylation is 1. The van der Waals surface area contributed by atoms with E-state index in [9.17, 15) is 9.59 Å². The van der Waals surface area contributed by atoms with Crippen LogP contribution in [0.15, 0.2) is 110 Å². The van der Waals surface area contributed by atoms with Gasteiger partial charge in [0.25, 0.3) is 11.8 Å². The fourth-order valence-corrected chi connectivity index (χ4v) is 3.38. The van der Waals surface area contributed by atoms with Crippen LogP contribution in [0.3, 0.4) is 0 Å². The van der Waals surface area contributed by atoms with E-state index in [1.807, 2.05) is 60.7 Å². The molecule has 0 unspecified atom stereocenters. The molecule has 168 valence electrons. The van der Waals surface area contributed by atoms with Crippen molar-refractivity contribution in [2.24, 2.45) is 7.05 Å². The highest BCUT2D eigenvalue weighted by Crippen LogP contribution is 2.25.